The average molecular weight is 300 g/mol. The lowest BCUT2D eigenvalue weighted by Gasteiger charge is -2.28. The SMILES string of the molecule is Cc1nc(CSCC(=O)NC2CCCCC2O)cs1. The van der Waals surface area contributed by atoms with Gasteiger partial charge in [-0.3, -0.25) is 4.79 Å². The van der Waals surface area contributed by atoms with E-state index in [0.717, 1.165) is 42.1 Å². The van der Waals surface area contributed by atoms with E-state index in [2.05, 4.69) is 10.3 Å². The van der Waals surface area contributed by atoms with E-state index in [1.165, 1.54) is 0 Å². The van der Waals surface area contributed by atoms with Gasteiger partial charge in [0, 0.05) is 11.1 Å². The number of aryl methyl sites for hydroxylation is 1. The Labute approximate surface area is 122 Å². The number of thioether (sulfide) groups is 1. The lowest BCUT2D eigenvalue weighted by molar-refractivity contribution is -0.120. The van der Waals surface area contributed by atoms with Crippen molar-refractivity contribution in [2.24, 2.45) is 0 Å². The van der Waals surface area contributed by atoms with Gasteiger partial charge >= 0.3 is 0 Å². The molecule has 1 amide bonds. The Hall–Kier alpha value is -0.590. The topological polar surface area (TPSA) is 62.2 Å². The Morgan fingerprint density at radius 3 is 3.05 bits per heavy atom. The number of aliphatic hydroxyl groups excluding tert-OH is 1. The molecule has 1 heterocycles. The average Bonchev–Trinajstić information content (AvgIpc) is 2.78. The number of aliphatic hydroxyl groups is 1. The summed E-state index contributed by atoms with van der Waals surface area (Å²) in [7, 11) is 0. The first-order valence-electron chi connectivity index (χ1n) is 6.61. The van der Waals surface area contributed by atoms with Gasteiger partial charge in [0.15, 0.2) is 0 Å². The minimum Gasteiger partial charge on any atom is -0.391 e. The van der Waals surface area contributed by atoms with E-state index in [9.17, 15) is 9.90 Å². The molecule has 2 rings (SSSR count). The van der Waals surface area contributed by atoms with E-state index in [4.69, 9.17) is 0 Å². The molecule has 2 atom stereocenters. The molecule has 1 aliphatic rings. The summed E-state index contributed by atoms with van der Waals surface area (Å²) in [6.45, 7) is 1.98. The van der Waals surface area contributed by atoms with Crippen molar-refractivity contribution in [3.8, 4) is 0 Å². The second kappa shape index (κ2) is 7.26. The fourth-order valence-electron chi connectivity index (χ4n) is 2.25. The van der Waals surface area contributed by atoms with Crippen LogP contribution in [0.3, 0.4) is 0 Å². The van der Waals surface area contributed by atoms with Crippen LogP contribution >= 0.6 is 23.1 Å². The van der Waals surface area contributed by atoms with Crippen LogP contribution in [0.2, 0.25) is 0 Å². The molecule has 106 valence electrons. The van der Waals surface area contributed by atoms with Crippen LogP contribution in [0.25, 0.3) is 0 Å². The monoisotopic (exact) mass is 300 g/mol. The molecule has 0 spiro atoms. The van der Waals surface area contributed by atoms with E-state index in [1.54, 1.807) is 23.1 Å². The highest BCUT2D eigenvalue weighted by Gasteiger charge is 2.24. The molecular weight excluding hydrogens is 280 g/mol. The molecule has 0 bridgehead atoms. The molecule has 1 fully saturated rings. The van der Waals surface area contributed by atoms with Crippen LogP contribution in [-0.4, -0.2) is 33.9 Å². The third-order valence-corrected chi connectivity index (χ3v) is 5.01. The number of hydrogen-bond acceptors (Lipinski definition) is 5. The van der Waals surface area contributed by atoms with Crippen LogP contribution in [0, 0.1) is 6.92 Å². The van der Waals surface area contributed by atoms with E-state index in [1.807, 2.05) is 12.3 Å². The molecule has 0 aromatic carbocycles. The minimum atomic E-state index is -0.371. The summed E-state index contributed by atoms with van der Waals surface area (Å²) in [5.74, 6) is 1.22. The van der Waals surface area contributed by atoms with Gasteiger partial charge in [0.05, 0.1) is 28.6 Å². The summed E-state index contributed by atoms with van der Waals surface area (Å²) >= 11 is 3.20. The molecule has 0 saturated heterocycles. The molecule has 4 nitrogen and oxygen atoms in total. The first-order valence-corrected chi connectivity index (χ1v) is 8.65. The number of thiazole rings is 1. The summed E-state index contributed by atoms with van der Waals surface area (Å²) in [5, 5.41) is 15.8. The number of hydrogen-bond donors (Lipinski definition) is 2. The molecule has 6 heteroatoms. The summed E-state index contributed by atoms with van der Waals surface area (Å²) in [6, 6.07) is -0.0524. The summed E-state index contributed by atoms with van der Waals surface area (Å²) in [5.41, 5.74) is 1.04. The Balaban J connectivity index is 1.66. The minimum absolute atomic E-state index is 0.0166. The van der Waals surface area contributed by atoms with Crippen LogP contribution in [0.15, 0.2) is 5.38 Å². The number of carbonyl (C=O) groups is 1. The number of nitrogens with one attached hydrogen (secondary N) is 1. The smallest absolute Gasteiger partial charge is 0.230 e. The van der Waals surface area contributed by atoms with E-state index >= 15 is 0 Å². The van der Waals surface area contributed by atoms with Crippen molar-refractivity contribution in [2.75, 3.05) is 5.75 Å². The van der Waals surface area contributed by atoms with Gasteiger partial charge in [0.1, 0.15) is 0 Å². The number of amides is 1. The predicted octanol–water partition coefficient (Wildman–Crippen LogP) is 2.10. The Bertz CT molecular complexity index is 423. The Morgan fingerprint density at radius 2 is 2.37 bits per heavy atom. The second-order valence-electron chi connectivity index (χ2n) is 4.88. The maximum Gasteiger partial charge on any atom is 0.230 e. The standard InChI is InChI=1S/C13H20N2O2S2/c1-9-14-10(7-19-9)6-18-8-13(17)15-11-4-2-3-5-12(11)16/h7,11-12,16H,2-6,8H2,1H3,(H,15,17). The van der Waals surface area contributed by atoms with Gasteiger partial charge in [0.2, 0.25) is 5.91 Å². The number of aromatic nitrogens is 1. The largest absolute Gasteiger partial charge is 0.391 e. The number of carbonyl (C=O) groups excluding carboxylic acids is 1. The Kier molecular flexibility index (Phi) is 5.66. The molecule has 1 aliphatic carbocycles. The van der Waals surface area contributed by atoms with Crippen molar-refractivity contribution in [2.45, 2.75) is 50.5 Å². The van der Waals surface area contributed by atoms with E-state index in [-0.39, 0.29) is 18.1 Å². The Morgan fingerprint density at radius 1 is 1.58 bits per heavy atom. The molecule has 2 unspecified atom stereocenters. The van der Waals surface area contributed by atoms with Gasteiger partial charge in [-0.05, 0) is 19.8 Å². The van der Waals surface area contributed by atoms with Crippen LogP contribution in [0.5, 0.6) is 0 Å². The van der Waals surface area contributed by atoms with Crippen molar-refractivity contribution < 1.29 is 9.90 Å². The highest BCUT2D eigenvalue weighted by molar-refractivity contribution is 7.99. The molecule has 2 N–H and O–H groups in total. The van der Waals surface area contributed by atoms with E-state index < -0.39 is 0 Å². The first-order chi connectivity index (χ1) is 9.15. The summed E-state index contributed by atoms with van der Waals surface area (Å²) < 4.78 is 0. The quantitative estimate of drug-likeness (QED) is 0.874. The highest BCUT2D eigenvalue weighted by atomic mass is 32.2. The fourth-order valence-corrected chi connectivity index (χ4v) is 3.70. The molecule has 1 aromatic heterocycles. The zero-order valence-corrected chi connectivity index (χ0v) is 12.7. The van der Waals surface area contributed by atoms with Gasteiger partial charge < -0.3 is 10.4 Å². The first kappa shape index (κ1) is 14.8. The maximum atomic E-state index is 11.8. The van der Waals surface area contributed by atoms with Gasteiger partial charge in [-0.2, -0.15) is 0 Å². The van der Waals surface area contributed by atoms with Gasteiger partial charge in [-0.25, -0.2) is 4.98 Å². The third kappa shape index (κ3) is 4.78. The zero-order chi connectivity index (χ0) is 13.7. The van der Waals surface area contributed by atoms with Gasteiger partial charge in [-0.1, -0.05) is 12.8 Å². The van der Waals surface area contributed by atoms with Crippen molar-refractivity contribution in [1.29, 1.82) is 0 Å². The highest BCUT2D eigenvalue weighted by Crippen LogP contribution is 2.19. The molecule has 0 aliphatic heterocycles. The molecule has 1 aromatic rings. The van der Waals surface area contributed by atoms with Crippen molar-refractivity contribution in [3.63, 3.8) is 0 Å². The van der Waals surface area contributed by atoms with Crippen molar-refractivity contribution in [1.82, 2.24) is 10.3 Å². The molecule has 1 saturated carbocycles. The summed E-state index contributed by atoms with van der Waals surface area (Å²) in [4.78, 5) is 16.2. The maximum absolute atomic E-state index is 11.8. The van der Waals surface area contributed by atoms with Crippen LogP contribution in [0.4, 0.5) is 0 Å². The third-order valence-electron chi connectivity index (χ3n) is 3.23. The van der Waals surface area contributed by atoms with Gasteiger partial charge in [-0.15, -0.1) is 23.1 Å². The molecule has 0 radical (unpaired) electrons. The normalized spacial score (nSPS) is 23.3. The van der Waals surface area contributed by atoms with Crippen molar-refractivity contribution in [3.05, 3.63) is 16.1 Å². The number of nitrogens with zero attached hydrogens (tertiary/aromatic N) is 1. The summed E-state index contributed by atoms with van der Waals surface area (Å²) in [6.07, 6.45) is 3.47. The number of rotatable bonds is 5. The van der Waals surface area contributed by atoms with Crippen molar-refractivity contribution >= 4 is 29.0 Å². The predicted molar refractivity (Wildman–Crippen MR) is 79.4 cm³/mol. The van der Waals surface area contributed by atoms with Gasteiger partial charge in [0.25, 0.3) is 0 Å². The zero-order valence-electron chi connectivity index (χ0n) is 11.1. The van der Waals surface area contributed by atoms with Crippen LogP contribution in [-0.2, 0) is 10.5 Å². The van der Waals surface area contributed by atoms with E-state index in [0.29, 0.717) is 5.75 Å². The second-order valence-corrected chi connectivity index (χ2v) is 6.92. The van der Waals surface area contributed by atoms with Crippen LogP contribution < -0.4 is 5.32 Å². The lowest BCUT2D eigenvalue weighted by Crippen LogP contribution is -2.45. The lowest BCUT2D eigenvalue weighted by atomic mass is 9.93. The molecular formula is C13H20N2O2S2. The molecule has 19 heavy (non-hydrogen) atoms. The van der Waals surface area contributed by atoms with Crippen LogP contribution in [0.1, 0.15) is 36.4 Å². The fraction of sp³-hybridized carbons (Fsp3) is 0.692.